The molecule has 0 atom stereocenters. The molecule has 25 heavy (non-hydrogen) atoms. The quantitative estimate of drug-likeness (QED) is 0.711. The molecule has 7 heteroatoms. The van der Waals surface area contributed by atoms with E-state index in [0.717, 1.165) is 24.3 Å². The fourth-order valence-electron chi connectivity index (χ4n) is 2.51. The van der Waals surface area contributed by atoms with E-state index in [-0.39, 0.29) is 12.3 Å². The molecule has 0 spiro atoms. The summed E-state index contributed by atoms with van der Waals surface area (Å²) in [6.45, 7) is 6.34. The normalized spacial score (nSPS) is 11.5. The number of rotatable bonds is 8. The Kier molecular flexibility index (Phi) is 7.14. The van der Waals surface area contributed by atoms with Crippen molar-refractivity contribution in [2.45, 2.75) is 26.1 Å². The highest BCUT2D eigenvalue weighted by atomic mass is 35.5. The molecular formula is C18H22Cl2N2O2S. The maximum Gasteiger partial charge on any atom is 0.216 e. The van der Waals surface area contributed by atoms with Gasteiger partial charge in [-0.1, -0.05) is 41.4 Å². The Balaban J connectivity index is 1.98. The molecule has 0 aliphatic rings. The van der Waals surface area contributed by atoms with Gasteiger partial charge >= 0.3 is 0 Å². The Bertz CT molecular complexity index is 804. The molecule has 0 saturated carbocycles. The van der Waals surface area contributed by atoms with Crippen LogP contribution < -0.4 is 9.62 Å². The Hall–Kier alpha value is -1.27. The van der Waals surface area contributed by atoms with Crippen LogP contribution in [0.3, 0.4) is 0 Å². The van der Waals surface area contributed by atoms with Gasteiger partial charge in [0.2, 0.25) is 10.0 Å². The summed E-state index contributed by atoms with van der Waals surface area (Å²) in [6.07, 6.45) is 0. The van der Waals surface area contributed by atoms with Crippen molar-refractivity contribution in [1.82, 2.24) is 4.72 Å². The van der Waals surface area contributed by atoms with Crippen LogP contribution >= 0.6 is 23.2 Å². The van der Waals surface area contributed by atoms with Crippen molar-refractivity contribution in [2.24, 2.45) is 0 Å². The fourth-order valence-corrected chi connectivity index (χ4v) is 3.93. The van der Waals surface area contributed by atoms with Crippen LogP contribution in [0.15, 0.2) is 42.5 Å². The molecule has 0 bridgehead atoms. The van der Waals surface area contributed by atoms with Gasteiger partial charge in [0, 0.05) is 25.3 Å². The highest BCUT2D eigenvalue weighted by Gasteiger charge is 2.12. The van der Waals surface area contributed by atoms with Crippen LogP contribution in [0.25, 0.3) is 0 Å². The third kappa shape index (κ3) is 5.89. The lowest BCUT2D eigenvalue weighted by molar-refractivity contribution is 0.580. The van der Waals surface area contributed by atoms with E-state index in [1.807, 2.05) is 24.3 Å². The van der Waals surface area contributed by atoms with Crippen LogP contribution in [0.2, 0.25) is 10.0 Å². The molecule has 0 fully saturated rings. The zero-order chi connectivity index (χ0) is 18.4. The van der Waals surface area contributed by atoms with Crippen molar-refractivity contribution in [1.29, 1.82) is 0 Å². The minimum Gasteiger partial charge on any atom is -0.372 e. The summed E-state index contributed by atoms with van der Waals surface area (Å²) in [5.41, 5.74) is 2.64. The summed E-state index contributed by atoms with van der Waals surface area (Å²) < 4.78 is 27.1. The van der Waals surface area contributed by atoms with Crippen molar-refractivity contribution in [2.75, 3.05) is 18.0 Å². The van der Waals surface area contributed by atoms with Crippen LogP contribution in [-0.4, -0.2) is 21.5 Å². The summed E-state index contributed by atoms with van der Waals surface area (Å²) in [7, 11) is -3.46. The van der Waals surface area contributed by atoms with Crippen LogP contribution in [0.4, 0.5) is 5.69 Å². The summed E-state index contributed by atoms with van der Waals surface area (Å²) in [6, 6.07) is 12.7. The van der Waals surface area contributed by atoms with E-state index in [1.54, 1.807) is 18.2 Å². The van der Waals surface area contributed by atoms with Crippen molar-refractivity contribution < 1.29 is 8.42 Å². The molecule has 136 valence electrons. The molecular weight excluding hydrogens is 379 g/mol. The topological polar surface area (TPSA) is 49.4 Å². The third-order valence-electron chi connectivity index (χ3n) is 3.90. The smallest absolute Gasteiger partial charge is 0.216 e. The second-order valence-electron chi connectivity index (χ2n) is 5.67. The first-order valence-corrected chi connectivity index (χ1v) is 10.5. The standard InChI is InChI=1S/C18H22Cl2N2O2S/c1-3-22(4-2)16-8-5-14(6-9-16)12-21-25(23,24)13-15-7-10-17(19)18(20)11-15/h5-11,21H,3-4,12-13H2,1-2H3. The van der Waals surface area contributed by atoms with Crippen LogP contribution in [-0.2, 0) is 22.3 Å². The fraction of sp³-hybridized carbons (Fsp3) is 0.333. The zero-order valence-corrected chi connectivity index (χ0v) is 16.6. The van der Waals surface area contributed by atoms with Crippen molar-refractivity contribution in [3.8, 4) is 0 Å². The summed E-state index contributed by atoms with van der Waals surface area (Å²) in [5.74, 6) is -0.137. The van der Waals surface area contributed by atoms with Gasteiger partial charge in [-0.15, -0.1) is 0 Å². The van der Waals surface area contributed by atoms with E-state index in [1.165, 1.54) is 0 Å². The Morgan fingerprint density at radius 1 is 0.920 bits per heavy atom. The number of hydrogen-bond acceptors (Lipinski definition) is 3. The van der Waals surface area contributed by atoms with E-state index in [4.69, 9.17) is 23.2 Å². The molecule has 0 aromatic heterocycles. The molecule has 0 unspecified atom stereocenters. The van der Waals surface area contributed by atoms with Gasteiger partial charge < -0.3 is 4.90 Å². The molecule has 0 amide bonds. The lowest BCUT2D eigenvalue weighted by Crippen LogP contribution is -2.25. The third-order valence-corrected chi connectivity index (χ3v) is 5.94. The Morgan fingerprint density at radius 3 is 2.08 bits per heavy atom. The predicted molar refractivity (Wildman–Crippen MR) is 106 cm³/mol. The molecule has 0 saturated heterocycles. The van der Waals surface area contributed by atoms with Gasteiger partial charge in [0.25, 0.3) is 0 Å². The monoisotopic (exact) mass is 400 g/mol. The summed E-state index contributed by atoms with van der Waals surface area (Å²) in [5, 5.41) is 0.755. The van der Waals surface area contributed by atoms with Crippen molar-refractivity contribution in [3.05, 3.63) is 63.6 Å². The first-order valence-electron chi connectivity index (χ1n) is 8.09. The van der Waals surface area contributed by atoms with Crippen LogP contribution in [0.5, 0.6) is 0 Å². The van der Waals surface area contributed by atoms with Gasteiger partial charge in [-0.2, -0.15) is 0 Å². The largest absolute Gasteiger partial charge is 0.372 e. The molecule has 0 radical (unpaired) electrons. The van der Waals surface area contributed by atoms with Gasteiger partial charge in [0.15, 0.2) is 0 Å². The van der Waals surface area contributed by atoms with E-state index >= 15 is 0 Å². The number of nitrogens with zero attached hydrogens (tertiary/aromatic N) is 1. The van der Waals surface area contributed by atoms with Crippen LogP contribution in [0.1, 0.15) is 25.0 Å². The average molecular weight is 401 g/mol. The Morgan fingerprint density at radius 2 is 1.52 bits per heavy atom. The number of halogens is 2. The van der Waals surface area contributed by atoms with Crippen molar-refractivity contribution in [3.63, 3.8) is 0 Å². The van der Waals surface area contributed by atoms with Gasteiger partial charge in [-0.25, -0.2) is 13.1 Å². The highest BCUT2D eigenvalue weighted by molar-refractivity contribution is 7.88. The zero-order valence-electron chi connectivity index (χ0n) is 14.3. The number of hydrogen-bond donors (Lipinski definition) is 1. The van der Waals surface area contributed by atoms with Crippen LogP contribution in [0, 0.1) is 0 Å². The van der Waals surface area contributed by atoms with Crippen molar-refractivity contribution >= 4 is 38.9 Å². The maximum absolute atomic E-state index is 12.2. The number of nitrogens with one attached hydrogen (secondary N) is 1. The Labute approximate surface area is 159 Å². The highest BCUT2D eigenvalue weighted by Crippen LogP contribution is 2.23. The first kappa shape index (κ1) is 20.0. The minimum absolute atomic E-state index is 0.137. The maximum atomic E-state index is 12.2. The second kappa shape index (κ2) is 8.90. The number of anilines is 1. The number of benzene rings is 2. The van der Waals surface area contributed by atoms with E-state index in [9.17, 15) is 8.42 Å². The molecule has 2 aromatic carbocycles. The van der Waals surface area contributed by atoms with Gasteiger partial charge in [-0.05, 0) is 49.2 Å². The van der Waals surface area contributed by atoms with E-state index < -0.39 is 10.0 Å². The summed E-state index contributed by atoms with van der Waals surface area (Å²) in [4.78, 5) is 2.23. The molecule has 2 rings (SSSR count). The number of sulfonamides is 1. The molecule has 0 aliphatic carbocycles. The van der Waals surface area contributed by atoms with Gasteiger partial charge in [-0.3, -0.25) is 0 Å². The molecule has 0 aliphatic heterocycles. The van der Waals surface area contributed by atoms with Gasteiger partial charge in [0.05, 0.1) is 15.8 Å². The molecule has 4 nitrogen and oxygen atoms in total. The van der Waals surface area contributed by atoms with E-state index in [2.05, 4.69) is 23.5 Å². The molecule has 2 aromatic rings. The first-order chi connectivity index (χ1) is 11.8. The predicted octanol–water partition coefficient (Wildman–Crippen LogP) is 4.46. The average Bonchev–Trinajstić information content (AvgIpc) is 2.58. The molecule has 1 N–H and O–H groups in total. The van der Waals surface area contributed by atoms with Gasteiger partial charge in [0.1, 0.15) is 0 Å². The summed E-state index contributed by atoms with van der Waals surface area (Å²) >= 11 is 11.8. The second-order valence-corrected chi connectivity index (χ2v) is 8.29. The lowest BCUT2D eigenvalue weighted by Gasteiger charge is -2.21. The minimum atomic E-state index is -3.46. The van der Waals surface area contributed by atoms with E-state index in [0.29, 0.717) is 15.6 Å². The molecule has 0 heterocycles. The lowest BCUT2D eigenvalue weighted by atomic mass is 10.2. The SMILES string of the molecule is CCN(CC)c1ccc(CNS(=O)(=O)Cc2ccc(Cl)c(Cl)c2)cc1.